The lowest BCUT2D eigenvalue weighted by molar-refractivity contribution is 0.192. The van der Waals surface area contributed by atoms with Crippen LogP contribution >= 0.6 is 0 Å². The molecule has 3 aliphatic heterocycles. The Kier molecular flexibility index (Phi) is 3.78. The van der Waals surface area contributed by atoms with Crippen molar-refractivity contribution in [2.24, 2.45) is 0 Å². The van der Waals surface area contributed by atoms with Crippen molar-refractivity contribution >= 4 is 5.69 Å². The van der Waals surface area contributed by atoms with Crippen LogP contribution in [0.4, 0.5) is 10.1 Å². The molecule has 0 unspecified atom stereocenters. The van der Waals surface area contributed by atoms with Gasteiger partial charge in [0.1, 0.15) is 5.82 Å². The Morgan fingerprint density at radius 2 is 1.92 bits per heavy atom. The molecule has 2 aromatic carbocycles. The molecular formula is C22H25FN2. The van der Waals surface area contributed by atoms with E-state index in [1.807, 2.05) is 12.1 Å². The number of para-hydroxylation sites is 1. The fourth-order valence-electron chi connectivity index (χ4n) is 5.19. The zero-order valence-electron chi connectivity index (χ0n) is 14.6. The second-order valence-electron chi connectivity index (χ2n) is 7.79. The number of aryl methyl sites for hydroxylation is 1. The number of benzene rings is 2. The van der Waals surface area contributed by atoms with Crippen molar-refractivity contribution in [3.63, 3.8) is 0 Å². The summed E-state index contributed by atoms with van der Waals surface area (Å²) in [4.78, 5) is 5.34. The highest BCUT2D eigenvalue weighted by Crippen LogP contribution is 2.49. The average Bonchev–Trinajstić information content (AvgIpc) is 3.20. The van der Waals surface area contributed by atoms with Gasteiger partial charge in [-0.2, -0.15) is 0 Å². The summed E-state index contributed by atoms with van der Waals surface area (Å²) < 4.78 is 13.0. The first-order chi connectivity index (χ1) is 12.3. The van der Waals surface area contributed by atoms with Crippen molar-refractivity contribution in [3.8, 4) is 0 Å². The van der Waals surface area contributed by atoms with E-state index in [0.29, 0.717) is 5.92 Å². The van der Waals surface area contributed by atoms with Crippen LogP contribution in [-0.2, 0) is 12.8 Å². The van der Waals surface area contributed by atoms with Gasteiger partial charge >= 0.3 is 0 Å². The van der Waals surface area contributed by atoms with Crippen LogP contribution in [0.3, 0.4) is 0 Å². The standard InChI is InChI=1S/C22H25FN2/c23-18-8-6-16(7-9-18)3-2-12-24-13-11-21-20(15-24)19-5-1-4-17-10-14-25(21)22(17)19/h1,4-9,20-21H,2-3,10-15H2/t20-,21-/m1/s1. The van der Waals surface area contributed by atoms with E-state index < -0.39 is 0 Å². The summed E-state index contributed by atoms with van der Waals surface area (Å²) in [6, 6.07) is 14.6. The summed E-state index contributed by atoms with van der Waals surface area (Å²) in [6.07, 6.45) is 4.71. The third kappa shape index (κ3) is 2.65. The Hall–Kier alpha value is -1.87. The normalized spacial score (nSPS) is 24.4. The maximum absolute atomic E-state index is 13.0. The van der Waals surface area contributed by atoms with Crippen LogP contribution in [0, 0.1) is 5.82 Å². The molecule has 5 rings (SSSR count). The number of nitrogens with zero attached hydrogens (tertiary/aromatic N) is 2. The lowest BCUT2D eigenvalue weighted by Crippen LogP contribution is -2.46. The zero-order valence-corrected chi connectivity index (χ0v) is 14.6. The predicted octanol–water partition coefficient (Wildman–Crippen LogP) is 3.99. The molecule has 3 aliphatic rings. The Labute approximate surface area is 149 Å². The summed E-state index contributed by atoms with van der Waals surface area (Å²) in [5.41, 5.74) is 5.98. The van der Waals surface area contributed by atoms with E-state index in [-0.39, 0.29) is 5.82 Å². The molecule has 0 aliphatic carbocycles. The topological polar surface area (TPSA) is 6.48 Å². The fraction of sp³-hybridized carbons (Fsp3) is 0.455. The van der Waals surface area contributed by atoms with Crippen LogP contribution in [0.2, 0.25) is 0 Å². The minimum atomic E-state index is -0.143. The first-order valence-electron chi connectivity index (χ1n) is 9.65. The van der Waals surface area contributed by atoms with E-state index in [0.717, 1.165) is 25.4 Å². The van der Waals surface area contributed by atoms with Crippen molar-refractivity contribution < 1.29 is 4.39 Å². The number of halogens is 1. The molecule has 3 heterocycles. The van der Waals surface area contributed by atoms with Gasteiger partial charge in [-0.3, -0.25) is 0 Å². The van der Waals surface area contributed by atoms with Gasteiger partial charge in [0.25, 0.3) is 0 Å². The quantitative estimate of drug-likeness (QED) is 0.833. The van der Waals surface area contributed by atoms with E-state index in [1.54, 1.807) is 28.9 Å². The van der Waals surface area contributed by atoms with Crippen LogP contribution in [0.5, 0.6) is 0 Å². The largest absolute Gasteiger partial charge is 0.367 e. The van der Waals surface area contributed by atoms with Crippen LogP contribution in [0.1, 0.15) is 35.4 Å². The van der Waals surface area contributed by atoms with Gasteiger partial charge in [0, 0.05) is 37.3 Å². The molecule has 2 atom stereocenters. The van der Waals surface area contributed by atoms with E-state index in [2.05, 4.69) is 28.0 Å². The predicted molar refractivity (Wildman–Crippen MR) is 99.8 cm³/mol. The summed E-state index contributed by atoms with van der Waals surface area (Å²) in [5.74, 6) is 0.547. The zero-order chi connectivity index (χ0) is 16.8. The maximum atomic E-state index is 13.0. The van der Waals surface area contributed by atoms with Crippen molar-refractivity contribution in [3.05, 3.63) is 65.0 Å². The van der Waals surface area contributed by atoms with Gasteiger partial charge in [-0.25, -0.2) is 4.39 Å². The summed E-state index contributed by atoms with van der Waals surface area (Å²) in [7, 11) is 0. The lowest BCUT2D eigenvalue weighted by atomic mass is 9.87. The second-order valence-corrected chi connectivity index (χ2v) is 7.79. The van der Waals surface area contributed by atoms with Crippen molar-refractivity contribution in [1.82, 2.24) is 4.90 Å². The van der Waals surface area contributed by atoms with Crippen LogP contribution in [0.15, 0.2) is 42.5 Å². The molecule has 3 heteroatoms. The SMILES string of the molecule is Fc1ccc(CCCN2CC[C@@H]3[C@H](C2)c2cccc4c2N3CC4)cc1. The molecule has 0 N–H and O–H groups in total. The Morgan fingerprint density at radius 3 is 2.80 bits per heavy atom. The van der Waals surface area contributed by atoms with E-state index in [9.17, 15) is 4.39 Å². The molecule has 1 saturated heterocycles. The minimum Gasteiger partial charge on any atom is -0.367 e. The second kappa shape index (κ2) is 6.14. The molecule has 2 aromatic rings. The highest BCUT2D eigenvalue weighted by molar-refractivity contribution is 5.70. The van der Waals surface area contributed by atoms with Gasteiger partial charge in [-0.15, -0.1) is 0 Å². The fourth-order valence-corrected chi connectivity index (χ4v) is 5.19. The van der Waals surface area contributed by atoms with Crippen LogP contribution in [-0.4, -0.2) is 37.1 Å². The molecule has 2 nitrogen and oxygen atoms in total. The summed E-state index contributed by atoms with van der Waals surface area (Å²) >= 11 is 0. The van der Waals surface area contributed by atoms with Gasteiger partial charge in [-0.1, -0.05) is 30.3 Å². The van der Waals surface area contributed by atoms with Gasteiger partial charge < -0.3 is 9.80 Å². The summed E-state index contributed by atoms with van der Waals surface area (Å²) in [5, 5.41) is 0. The Morgan fingerprint density at radius 1 is 1.04 bits per heavy atom. The third-order valence-corrected chi connectivity index (χ3v) is 6.37. The molecule has 0 bridgehead atoms. The number of fused-ring (bicyclic) bond motifs is 3. The highest BCUT2D eigenvalue weighted by Gasteiger charge is 2.44. The van der Waals surface area contributed by atoms with E-state index in [1.165, 1.54) is 38.0 Å². The number of rotatable bonds is 4. The summed E-state index contributed by atoms with van der Waals surface area (Å²) in [6.45, 7) is 4.78. The monoisotopic (exact) mass is 336 g/mol. The molecule has 25 heavy (non-hydrogen) atoms. The van der Waals surface area contributed by atoms with Crippen molar-refractivity contribution in [2.75, 3.05) is 31.1 Å². The molecule has 0 aromatic heterocycles. The average molecular weight is 336 g/mol. The first-order valence-corrected chi connectivity index (χ1v) is 9.65. The Balaban J connectivity index is 1.23. The first kappa shape index (κ1) is 15.4. The molecule has 130 valence electrons. The van der Waals surface area contributed by atoms with Crippen LogP contribution in [0.25, 0.3) is 0 Å². The van der Waals surface area contributed by atoms with Crippen molar-refractivity contribution in [2.45, 2.75) is 37.6 Å². The smallest absolute Gasteiger partial charge is 0.123 e. The van der Waals surface area contributed by atoms with Gasteiger partial charge in [0.15, 0.2) is 0 Å². The highest BCUT2D eigenvalue weighted by atomic mass is 19.1. The minimum absolute atomic E-state index is 0.143. The molecule has 1 fully saturated rings. The number of hydrogen-bond donors (Lipinski definition) is 0. The van der Waals surface area contributed by atoms with Gasteiger partial charge in [0.05, 0.1) is 0 Å². The van der Waals surface area contributed by atoms with E-state index >= 15 is 0 Å². The third-order valence-electron chi connectivity index (χ3n) is 6.37. The van der Waals surface area contributed by atoms with Crippen LogP contribution < -0.4 is 4.90 Å². The Bertz CT molecular complexity index is 770. The molecule has 0 amide bonds. The molecule has 0 radical (unpaired) electrons. The molecule has 0 saturated carbocycles. The number of piperidine rings is 1. The maximum Gasteiger partial charge on any atom is 0.123 e. The lowest BCUT2D eigenvalue weighted by Gasteiger charge is -2.38. The molecule has 0 spiro atoms. The molecular weight excluding hydrogens is 311 g/mol. The van der Waals surface area contributed by atoms with Gasteiger partial charge in [0.2, 0.25) is 0 Å². The van der Waals surface area contributed by atoms with Gasteiger partial charge in [-0.05, 0) is 61.1 Å². The number of hydrogen-bond acceptors (Lipinski definition) is 2. The number of likely N-dealkylation sites (tertiary alicyclic amines) is 1. The van der Waals surface area contributed by atoms with Crippen molar-refractivity contribution in [1.29, 1.82) is 0 Å². The number of anilines is 1. The van der Waals surface area contributed by atoms with E-state index in [4.69, 9.17) is 0 Å².